The van der Waals surface area contributed by atoms with Crippen LogP contribution in [0.1, 0.15) is 19.3 Å². The van der Waals surface area contributed by atoms with Crippen molar-refractivity contribution in [3.8, 4) is 0 Å². The van der Waals surface area contributed by atoms with Crippen LogP contribution in [0.3, 0.4) is 0 Å². The van der Waals surface area contributed by atoms with Crippen molar-refractivity contribution in [2.24, 2.45) is 5.92 Å². The Bertz CT molecular complexity index is 724. The van der Waals surface area contributed by atoms with Gasteiger partial charge in [0.05, 0.1) is 18.6 Å². The van der Waals surface area contributed by atoms with Gasteiger partial charge in [-0.3, -0.25) is 9.59 Å². The number of rotatable bonds is 4. The molecule has 3 N–H and O–H groups in total. The average Bonchev–Trinajstić information content (AvgIpc) is 2.99. The van der Waals surface area contributed by atoms with Crippen molar-refractivity contribution >= 4 is 28.3 Å². The molecular weight excluding hydrogens is 292 g/mol. The molecule has 1 aliphatic rings. The van der Waals surface area contributed by atoms with E-state index in [9.17, 15) is 14.7 Å². The van der Waals surface area contributed by atoms with E-state index in [1.54, 1.807) is 0 Å². The molecule has 1 saturated carbocycles. The van der Waals surface area contributed by atoms with Crippen molar-refractivity contribution in [2.75, 3.05) is 11.9 Å². The van der Waals surface area contributed by atoms with Crippen LogP contribution in [0.4, 0.5) is 5.69 Å². The second-order valence-corrected chi connectivity index (χ2v) is 5.90. The lowest BCUT2D eigenvalue weighted by atomic mass is 10.1. The minimum atomic E-state index is -0.587. The Morgan fingerprint density at radius 1 is 1.09 bits per heavy atom. The third kappa shape index (κ3) is 3.51. The summed E-state index contributed by atoms with van der Waals surface area (Å²) in [4.78, 5) is 24.0. The van der Waals surface area contributed by atoms with Gasteiger partial charge in [0.2, 0.25) is 11.8 Å². The zero-order valence-corrected chi connectivity index (χ0v) is 12.8. The van der Waals surface area contributed by atoms with E-state index in [0.29, 0.717) is 12.8 Å². The maximum atomic E-state index is 12.1. The van der Waals surface area contributed by atoms with E-state index in [4.69, 9.17) is 0 Å². The summed E-state index contributed by atoms with van der Waals surface area (Å²) in [5, 5.41) is 17.2. The SMILES string of the molecule is O=C(CNC(=O)C1CCCC1O)Nc1cccc2ccccc12. The topological polar surface area (TPSA) is 78.4 Å². The molecule has 2 amide bonds. The number of hydrogen-bond acceptors (Lipinski definition) is 3. The van der Waals surface area contributed by atoms with E-state index < -0.39 is 6.10 Å². The van der Waals surface area contributed by atoms with Crippen molar-refractivity contribution in [3.05, 3.63) is 42.5 Å². The fraction of sp³-hybridized carbons (Fsp3) is 0.333. The lowest BCUT2D eigenvalue weighted by Gasteiger charge is -2.14. The van der Waals surface area contributed by atoms with Crippen LogP contribution in [0, 0.1) is 5.92 Å². The number of hydrogen-bond donors (Lipinski definition) is 3. The highest BCUT2D eigenvalue weighted by Gasteiger charge is 2.31. The predicted molar refractivity (Wildman–Crippen MR) is 88.9 cm³/mol. The Balaban J connectivity index is 1.60. The van der Waals surface area contributed by atoms with Gasteiger partial charge in [-0.05, 0) is 30.7 Å². The first kappa shape index (κ1) is 15.5. The second-order valence-electron chi connectivity index (χ2n) is 5.90. The number of fused-ring (bicyclic) bond motifs is 1. The van der Waals surface area contributed by atoms with Gasteiger partial charge in [-0.2, -0.15) is 0 Å². The number of aliphatic hydroxyl groups excluding tert-OH is 1. The molecule has 0 radical (unpaired) electrons. The van der Waals surface area contributed by atoms with E-state index in [0.717, 1.165) is 22.9 Å². The molecule has 23 heavy (non-hydrogen) atoms. The van der Waals surface area contributed by atoms with E-state index in [-0.39, 0.29) is 24.3 Å². The number of amides is 2. The van der Waals surface area contributed by atoms with Crippen LogP contribution in [0.25, 0.3) is 10.8 Å². The minimum absolute atomic E-state index is 0.0920. The molecule has 5 heteroatoms. The van der Waals surface area contributed by atoms with Crippen molar-refractivity contribution in [1.29, 1.82) is 0 Å². The highest BCUT2D eigenvalue weighted by molar-refractivity contribution is 6.03. The number of carbonyl (C=O) groups is 2. The first-order valence-electron chi connectivity index (χ1n) is 7.88. The summed E-state index contributed by atoms with van der Waals surface area (Å²) in [7, 11) is 0. The maximum absolute atomic E-state index is 12.1. The highest BCUT2D eigenvalue weighted by Crippen LogP contribution is 2.25. The van der Waals surface area contributed by atoms with E-state index in [2.05, 4.69) is 10.6 Å². The molecule has 3 rings (SSSR count). The number of nitrogens with one attached hydrogen (secondary N) is 2. The molecule has 120 valence electrons. The molecule has 0 aromatic heterocycles. The van der Waals surface area contributed by atoms with Crippen LogP contribution in [-0.2, 0) is 9.59 Å². The third-order valence-corrected chi connectivity index (χ3v) is 4.30. The Kier molecular flexibility index (Phi) is 4.57. The highest BCUT2D eigenvalue weighted by atomic mass is 16.3. The quantitative estimate of drug-likeness (QED) is 0.808. The lowest BCUT2D eigenvalue weighted by molar-refractivity contribution is -0.129. The van der Waals surface area contributed by atoms with E-state index >= 15 is 0 Å². The molecule has 0 bridgehead atoms. The lowest BCUT2D eigenvalue weighted by Crippen LogP contribution is -2.39. The molecule has 5 nitrogen and oxygen atoms in total. The third-order valence-electron chi connectivity index (χ3n) is 4.30. The van der Waals surface area contributed by atoms with Crippen LogP contribution in [0.15, 0.2) is 42.5 Å². The van der Waals surface area contributed by atoms with Crippen LogP contribution in [0.2, 0.25) is 0 Å². The van der Waals surface area contributed by atoms with Crippen molar-refractivity contribution in [3.63, 3.8) is 0 Å². The Morgan fingerprint density at radius 3 is 2.65 bits per heavy atom. The number of benzene rings is 2. The smallest absolute Gasteiger partial charge is 0.243 e. The summed E-state index contributed by atoms with van der Waals surface area (Å²) in [5.41, 5.74) is 0.725. The molecule has 0 heterocycles. The van der Waals surface area contributed by atoms with Crippen LogP contribution >= 0.6 is 0 Å². The number of carbonyl (C=O) groups excluding carboxylic acids is 2. The molecule has 2 atom stereocenters. The number of aliphatic hydroxyl groups is 1. The molecule has 2 aromatic carbocycles. The van der Waals surface area contributed by atoms with Crippen molar-refractivity contribution in [2.45, 2.75) is 25.4 Å². The molecule has 2 unspecified atom stereocenters. The van der Waals surface area contributed by atoms with Gasteiger partial charge in [-0.25, -0.2) is 0 Å². The van der Waals surface area contributed by atoms with Gasteiger partial charge in [-0.15, -0.1) is 0 Å². The summed E-state index contributed by atoms with van der Waals surface area (Å²) in [6.45, 7) is -0.0920. The zero-order valence-electron chi connectivity index (χ0n) is 12.8. The van der Waals surface area contributed by atoms with Gasteiger partial charge >= 0.3 is 0 Å². The standard InChI is InChI=1S/C18H20N2O3/c21-16-10-4-8-14(16)18(23)19-11-17(22)20-15-9-3-6-12-5-1-2-7-13(12)15/h1-3,5-7,9,14,16,21H,4,8,10-11H2,(H,19,23)(H,20,22). The molecule has 1 aliphatic carbocycles. The molecule has 1 fully saturated rings. The molecular formula is C18H20N2O3. The molecule has 2 aromatic rings. The normalized spacial score (nSPS) is 20.4. The van der Waals surface area contributed by atoms with Gasteiger partial charge in [0.1, 0.15) is 0 Å². The first-order chi connectivity index (χ1) is 11.1. The summed E-state index contributed by atoms with van der Waals surface area (Å²) in [6.07, 6.45) is 1.59. The first-order valence-corrected chi connectivity index (χ1v) is 7.88. The maximum Gasteiger partial charge on any atom is 0.243 e. The van der Waals surface area contributed by atoms with E-state index in [1.807, 2.05) is 42.5 Å². The Hall–Kier alpha value is -2.40. The van der Waals surface area contributed by atoms with Gasteiger partial charge < -0.3 is 15.7 Å². The van der Waals surface area contributed by atoms with Crippen LogP contribution < -0.4 is 10.6 Å². The Morgan fingerprint density at radius 2 is 1.87 bits per heavy atom. The van der Waals surface area contributed by atoms with Gasteiger partial charge in [0.25, 0.3) is 0 Å². The Labute approximate surface area is 134 Å². The van der Waals surface area contributed by atoms with Crippen molar-refractivity contribution in [1.82, 2.24) is 5.32 Å². The summed E-state index contributed by atoms with van der Waals surface area (Å²) in [5.74, 6) is -0.911. The summed E-state index contributed by atoms with van der Waals surface area (Å²) < 4.78 is 0. The van der Waals surface area contributed by atoms with E-state index in [1.165, 1.54) is 0 Å². The number of anilines is 1. The predicted octanol–water partition coefficient (Wildman–Crippen LogP) is 2.06. The fourth-order valence-electron chi connectivity index (χ4n) is 3.07. The second kappa shape index (κ2) is 6.79. The molecule has 0 aliphatic heterocycles. The van der Waals surface area contributed by atoms with Crippen LogP contribution in [-0.4, -0.2) is 29.6 Å². The van der Waals surface area contributed by atoms with Crippen LogP contribution in [0.5, 0.6) is 0 Å². The van der Waals surface area contributed by atoms with Gasteiger partial charge in [0.15, 0.2) is 0 Å². The minimum Gasteiger partial charge on any atom is -0.392 e. The van der Waals surface area contributed by atoms with Gasteiger partial charge in [-0.1, -0.05) is 36.4 Å². The monoisotopic (exact) mass is 312 g/mol. The molecule has 0 spiro atoms. The zero-order chi connectivity index (χ0) is 16.2. The average molecular weight is 312 g/mol. The van der Waals surface area contributed by atoms with Crippen molar-refractivity contribution < 1.29 is 14.7 Å². The molecule has 0 saturated heterocycles. The summed E-state index contributed by atoms with van der Waals surface area (Å²) in [6, 6.07) is 13.5. The largest absolute Gasteiger partial charge is 0.392 e. The summed E-state index contributed by atoms with van der Waals surface area (Å²) >= 11 is 0. The fourth-order valence-corrected chi connectivity index (χ4v) is 3.07. The van der Waals surface area contributed by atoms with Gasteiger partial charge in [0, 0.05) is 11.1 Å².